The van der Waals surface area contributed by atoms with Crippen molar-refractivity contribution in [3.63, 3.8) is 0 Å². The third-order valence-corrected chi connectivity index (χ3v) is 5.82. The van der Waals surface area contributed by atoms with Gasteiger partial charge in [-0.2, -0.15) is 0 Å². The molecule has 0 amide bonds. The van der Waals surface area contributed by atoms with Crippen LogP contribution in [0.15, 0.2) is 44.3 Å². The number of anilines is 1. The molecule has 1 N–H and O–H groups in total. The highest BCUT2D eigenvalue weighted by Gasteiger charge is 2.21. The molecule has 0 unspecified atom stereocenters. The molecule has 22 heavy (non-hydrogen) atoms. The van der Waals surface area contributed by atoms with Crippen molar-refractivity contribution < 1.29 is 12.8 Å². The van der Waals surface area contributed by atoms with Gasteiger partial charge in [-0.05, 0) is 29.6 Å². The van der Waals surface area contributed by atoms with E-state index in [0.29, 0.717) is 22.7 Å². The predicted molar refractivity (Wildman–Crippen MR) is 87.8 cm³/mol. The summed E-state index contributed by atoms with van der Waals surface area (Å²) in [6.45, 7) is 6.04. The summed E-state index contributed by atoms with van der Waals surface area (Å²) < 4.78 is 33.0. The number of nitrogens with one attached hydrogen (secondary N) is 1. The quantitative estimate of drug-likeness (QED) is 0.785. The zero-order chi connectivity index (χ0) is 16.0. The molecule has 0 saturated carbocycles. The lowest BCUT2D eigenvalue weighted by Crippen LogP contribution is -2.11. The molecule has 3 rings (SSSR count). The van der Waals surface area contributed by atoms with Gasteiger partial charge in [-0.1, -0.05) is 26.8 Å². The molecule has 0 aliphatic heterocycles. The second-order valence-corrected chi connectivity index (χ2v) is 8.85. The first-order valence-electron chi connectivity index (χ1n) is 6.73. The number of aromatic nitrogens is 1. The van der Waals surface area contributed by atoms with E-state index < -0.39 is 10.0 Å². The third-order valence-electron chi connectivity index (χ3n) is 3.04. The molecule has 0 bridgehead atoms. The minimum Gasteiger partial charge on any atom is -0.440 e. The highest BCUT2D eigenvalue weighted by molar-refractivity contribution is 7.94. The molecule has 5 nitrogen and oxygen atoms in total. The molecule has 116 valence electrons. The Labute approximate surface area is 133 Å². The maximum absolute atomic E-state index is 12.2. The van der Waals surface area contributed by atoms with Crippen LogP contribution in [0, 0.1) is 0 Å². The number of hydrogen-bond acceptors (Lipinski definition) is 5. The van der Waals surface area contributed by atoms with Crippen molar-refractivity contribution in [1.82, 2.24) is 4.98 Å². The maximum atomic E-state index is 12.2. The fourth-order valence-corrected chi connectivity index (χ4v) is 3.98. The van der Waals surface area contributed by atoms with Crippen LogP contribution in [0.3, 0.4) is 0 Å². The smallest absolute Gasteiger partial charge is 0.271 e. The van der Waals surface area contributed by atoms with Crippen molar-refractivity contribution in [1.29, 1.82) is 0 Å². The van der Waals surface area contributed by atoms with Crippen molar-refractivity contribution in [2.45, 2.75) is 30.4 Å². The number of hydrogen-bond donors (Lipinski definition) is 1. The van der Waals surface area contributed by atoms with Crippen molar-refractivity contribution >= 4 is 38.1 Å². The molecule has 2 aromatic heterocycles. The summed E-state index contributed by atoms with van der Waals surface area (Å²) in [5, 5.41) is 1.73. The third kappa shape index (κ3) is 2.86. The zero-order valence-corrected chi connectivity index (χ0v) is 14.1. The van der Waals surface area contributed by atoms with Gasteiger partial charge in [-0.25, -0.2) is 13.4 Å². The summed E-state index contributed by atoms with van der Waals surface area (Å²) in [5.74, 6) is 0.626. The molecular weight excluding hydrogens is 320 g/mol. The van der Waals surface area contributed by atoms with Gasteiger partial charge in [0.2, 0.25) is 5.89 Å². The van der Waals surface area contributed by atoms with Crippen molar-refractivity contribution in [3.8, 4) is 0 Å². The first-order valence-corrected chi connectivity index (χ1v) is 9.09. The summed E-state index contributed by atoms with van der Waals surface area (Å²) in [5.41, 5.74) is 1.55. The Morgan fingerprint density at radius 3 is 2.64 bits per heavy atom. The van der Waals surface area contributed by atoms with Crippen LogP contribution < -0.4 is 4.72 Å². The van der Waals surface area contributed by atoms with Crippen LogP contribution in [0.5, 0.6) is 0 Å². The normalized spacial score (nSPS) is 12.7. The minimum atomic E-state index is -3.55. The fraction of sp³-hybridized carbons (Fsp3) is 0.267. The Kier molecular flexibility index (Phi) is 3.49. The number of nitrogens with zero attached hydrogens (tertiary/aromatic N) is 1. The molecule has 0 aliphatic rings. The summed E-state index contributed by atoms with van der Waals surface area (Å²) >= 11 is 1.18. The van der Waals surface area contributed by atoms with E-state index in [2.05, 4.69) is 9.71 Å². The van der Waals surface area contributed by atoms with Gasteiger partial charge in [0.15, 0.2) is 5.58 Å². The first kappa shape index (κ1) is 15.1. The van der Waals surface area contributed by atoms with Gasteiger partial charge >= 0.3 is 0 Å². The average Bonchev–Trinajstić information content (AvgIpc) is 3.06. The lowest BCUT2D eigenvalue weighted by atomic mass is 9.97. The Bertz CT molecular complexity index is 904. The van der Waals surface area contributed by atoms with E-state index in [4.69, 9.17) is 4.42 Å². The summed E-state index contributed by atoms with van der Waals surface area (Å²) in [6, 6.07) is 8.35. The Morgan fingerprint density at radius 1 is 1.23 bits per heavy atom. The molecule has 2 heterocycles. The maximum Gasteiger partial charge on any atom is 0.271 e. The standard InChI is InChI=1S/C15H16N2O3S2/c1-15(2,3)14-16-11-9-10(6-7-12(11)20-14)17-22(18,19)13-5-4-8-21-13/h4-9,17H,1-3H3. The zero-order valence-electron chi connectivity index (χ0n) is 12.5. The molecule has 3 aromatic rings. The van der Waals surface area contributed by atoms with Gasteiger partial charge in [0, 0.05) is 5.41 Å². The van der Waals surface area contributed by atoms with Gasteiger partial charge in [0.25, 0.3) is 10.0 Å². The number of sulfonamides is 1. The minimum absolute atomic E-state index is 0.199. The van der Waals surface area contributed by atoms with E-state index in [1.54, 1.807) is 35.7 Å². The van der Waals surface area contributed by atoms with Gasteiger partial charge in [0.05, 0.1) is 5.69 Å². The monoisotopic (exact) mass is 336 g/mol. The van der Waals surface area contributed by atoms with E-state index in [0.717, 1.165) is 0 Å². The average molecular weight is 336 g/mol. The fourth-order valence-electron chi connectivity index (χ4n) is 1.93. The van der Waals surface area contributed by atoms with E-state index in [1.807, 2.05) is 20.8 Å². The highest BCUT2D eigenvalue weighted by Crippen LogP contribution is 2.28. The van der Waals surface area contributed by atoms with Crippen LogP contribution in [0.2, 0.25) is 0 Å². The summed E-state index contributed by atoms with van der Waals surface area (Å²) in [4.78, 5) is 4.44. The van der Waals surface area contributed by atoms with E-state index >= 15 is 0 Å². The second-order valence-electron chi connectivity index (χ2n) is 5.99. The molecule has 0 spiro atoms. The van der Waals surface area contributed by atoms with Crippen LogP contribution >= 0.6 is 11.3 Å². The SMILES string of the molecule is CC(C)(C)c1nc2cc(NS(=O)(=O)c3cccs3)ccc2o1. The number of benzene rings is 1. The molecular formula is C15H16N2O3S2. The molecule has 0 radical (unpaired) electrons. The van der Waals surface area contributed by atoms with Crippen LogP contribution in [-0.2, 0) is 15.4 Å². The summed E-state index contributed by atoms with van der Waals surface area (Å²) in [6.07, 6.45) is 0. The molecule has 0 fully saturated rings. The number of rotatable bonds is 3. The number of thiophene rings is 1. The molecule has 0 atom stereocenters. The van der Waals surface area contributed by atoms with E-state index in [9.17, 15) is 8.42 Å². The molecule has 1 aromatic carbocycles. The van der Waals surface area contributed by atoms with Crippen LogP contribution in [0.1, 0.15) is 26.7 Å². The van der Waals surface area contributed by atoms with Crippen molar-refractivity contribution in [3.05, 3.63) is 41.6 Å². The van der Waals surface area contributed by atoms with E-state index in [-0.39, 0.29) is 9.62 Å². The van der Waals surface area contributed by atoms with Crippen LogP contribution in [-0.4, -0.2) is 13.4 Å². The second kappa shape index (κ2) is 5.10. The lowest BCUT2D eigenvalue weighted by molar-refractivity contribution is 0.411. The van der Waals surface area contributed by atoms with Crippen LogP contribution in [0.25, 0.3) is 11.1 Å². The van der Waals surface area contributed by atoms with Crippen molar-refractivity contribution in [2.24, 2.45) is 0 Å². The van der Waals surface area contributed by atoms with Gasteiger partial charge in [-0.3, -0.25) is 4.72 Å². The Hall–Kier alpha value is -1.86. The van der Waals surface area contributed by atoms with Gasteiger partial charge in [-0.15, -0.1) is 11.3 Å². The van der Waals surface area contributed by atoms with E-state index in [1.165, 1.54) is 11.3 Å². The molecule has 0 saturated heterocycles. The van der Waals surface area contributed by atoms with Gasteiger partial charge in [0.1, 0.15) is 9.73 Å². The number of oxazole rings is 1. The highest BCUT2D eigenvalue weighted by atomic mass is 32.2. The molecule has 0 aliphatic carbocycles. The Balaban J connectivity index is 1.96. The topological polar surface area (TPSA) is 72.2 Å². The molecule has 7 heteroatoms. The first-order chi connectivity index (χ1) is 10.3. The summed E-state index contributed by atoms with van der Waals surface area (Å²) in [7, 11) is -3.55. The van der Waals surface area contributed by atoms with Crippen molar-refractivity contribution in [2.75, 3.05) is 4.72 Å². The Morgan fingerprint density at radius 2 is 2.00 bits per heavy atom. The lowest BCUT2D eigenvalue weighted by Gasteiger charge is -2.11. The van der Waals surface area contributed by atoms with Crippen LogP contribution in [0.4, 0.5) is 5.69 Å². The largest absolute Gasteiger partial charge is 0.440 e. The number of fused-ring (bicyclic) bond motifs is 1. The van der Waals surface area contributed by atoms with Gasteiger partial charge < -0.3 is 4.42 Å². The predicted octanol–water partition coefficient (Wildman–Crippen LogP) is 3.99.